The Kier molecular flexibility index (Phi) is 5.00. The summed E-state index contributed by atoms with van der Waals surface area (Å²) in [6.45, 7) is 3.30. The number of rotatable bonds is 6. The van der Waals surface area contributed by atoms with Crippen LogP contribution >= 0.6 is 15.9 Å². The molecular formula is C18H25BrFN. The van der Waals surface area contributed by atoms with E-state index in [9.17, 15) is 4.39 Å². The van der Waals surface area contributed by atoms with Gasteiger partial charge in [0.15, 0.2) is 0 Å². The Hall–Kier alpha value is -0.410. The van der Waals surface area contributed by atoms with Gasteiger partial charge in [-0.2, -0.15) is 0 Å². The summed E-state index contributed by atoms with van der Waals surface area (Å²) in [4.78, 5) is 0. The molecule has 1 N–H and O–H groups in total. The number of hydrogen-bond acceptors (Lipinski definition) is 1. The van der Waals surface area contributed by atoms with E-state index in [2.05, 4.69) is 28.2 Å². The molecule has 0 amide bonds. The fourth-order valence-electron chi connectivity index (χ4n) is 4.42. The van der Waals surface area contributed by atoms with Crippen molar-refractivity contribution in [1.29, 1.82) is 0 Å². The molecule has 0 aliphatic heterocycles. The monoisotopic (exact) mass is 353 g/mol. The van der Waals surface area contributed by atoms with Gasteiger partial charge in [-0.05, 0) is 74.1 Å². The van der Waals surface area contributed by atoms with Gasteiger partial charge in [-0.1, -0.05) is 35.3 Å². The third-order valence-electron chi connectivity index (χ3n) is 5.42. The van der Waals surface area contributed by atoms with Gasteiger partial charge in [0.05, 0.1) is 0 Å². The summed E-state index contributed by atoms with van der Waals surface area (Å²) in [7, 11) is 0. The summed E-state index contributed by atoms with van der Waals surface area (Å²) < 4.78 is 14.2. The first kappa shape index (κ1) is 15.5. The van der Waals surface area contributed by atoms with Crippen LogP contribution in [-0.2, 0) is 6.42 Å². The third kappa shape index (κ3) is 3.50. The lowest BCUT2D eigenvalue weighted by Crippen LogP contribution is -2.41. The molecule has 21 heavy (non-hydrogen) atoms. The van der Waals surface area contributed by atoms with Crippen LogP contribution < -0.4 is 5.32 Å². The molecule has 1 aromatic carbocycles. The molecule has 2 aliphatic carbocycles. The summed E-state index contributed by atoms with van der Waals surface area (Å²) >= 11 is 3.53. The highest BCUT2D eigenvalue weighted by Gasteiger charge is 2.42. The SMILES string of the molecule is CCCNC(Cc1ccc(F)cc1Br)C1CC2CCC1C2. The largest absolute Gasteiger partial charge is 0.313 e. The first-order valence-corrected chi connectivity index (χ1v) is 9.14. The average Bonchev–Trinajstić information content (AvgIpc) is 3.08. The Balaban J connectivity index is 1.73. The zero-order valence-electron chi connectivity index (χ0n) is 12.7. The molecule has 0 aromatic heterocycles. The zero-order valence-corrected chi connectivity index (χ0v) is 14.3. The molecule has 2 bridgehead atoms. The maximum atomic E-state index is 13.3. The molecule has 2 saturated carbocycles. The maximum absolute atomic E-state index is 13.3. The van der Waals surface area contributed by atoms with Crippen molar-refractivity contribution in [2.75, 3.05) is 6.54 Å². The quantitative estimate of drug-likeness (QED) is 0.763. The van der Waals surface area contributed by atoms with Crippen LogP contribution in [-0.4, -0.2) is 12.6 Å². The molecule has 1 nitrogen and oxygen atoms in total. The van der Waals surface area contributed by atoms with Gasteiger partial charge < -0.3 is 5.32 Å². The minimum Gasteiger partial charge on any atom is -0.313 e. The van der Waals surface area contributed by atoms with Gasteiger partial charge in [0.1, 0.15) is 5.82 Å². The lowest BCUT2D eigenvalue weighted by Gasteiger charge is -2.32. The molecule has 4 unspecified atom stereocenters. The predicted octanol–water partition coefficient (Wildman–Crippen LogP) is 4.94. The van der Waals surface area contributed by atoms with E-state index in [0.29, 0.717) is 6.04 Å². The van der Waals surface area contributed by atoms with Crippen LogP contribution in [0.15, 0.2) is 22.7 Å². The van der Waals surface area contributed by atoms with Crippen molar-refractivity contribution in [2.45, 2.75) is 51.5 Å². The number of benzene rings is 1. The normalized spacial score (nSPS) is 29.0. The Morgan fingerprint density at radius 1 is 1.33 bits per heavy atom. The molecule has 2 fully saturated rings. The highest BCUT2D eigenvalue weighted by Crippen LogP contribution is 2.50. The van der Waals surface area contributed by atoms with Crippen molar-refractivity contribution >= 4 is 15.9 Å². The Morgan fingerprint density at radius 3 is 2.81 bits per heavy atom. The summed E-state index contributed by atoms with van der Waals surface area (Å²) in [5.74, 6) is 2.54. The van der Waals surface area contributed by atoms with E-state index >= 15 is 0 Å². The van der Waals surface area contributed by atoms with Crippen molar-refractivity contribution in [3.05, 3.63) is 34.1 Å². The number of nitrogens with one attached hydrogen (secondary N) is 1. The standard InChI is InChI=1S/C18H25BrFN/c1-2-7-21-18(16-9-12-3-4-13(16)8-12)10-14-5-6-15(20)11-17(14)19/h5-6,11-13,16,18,21H,2-4,7-10H2,1H3. The second-order valence-corrected chi connectivity index (χ2v) is 7.69. The Labute approximate surface area is 135 Å². The number of fused-ring (bicyclic) bond motifs is 2. The van der Waals surface area contributed by atoms with E-state index in [1.165, 1.54) is 37.7 Å². The molecule has 0 heterocycles. The first-order valence-electron chi connectivity index (χ1n) is 8.34. The van der Waals surface area contributed by atoms with Gasteiger partial charge in [0.2, 0.25) is 0 Å². The molecule has 116 valence electrons. The van der Waals surface area contributed by atoms with Gasteiger partial charge in [-0.25, -0.2) is 4.39 Å². The van der Waals surface area contributed by atoms with E-state index < -0.39 is 0 Å². The maximum Gasteiger partial charge on any atom is 0.124 e. The van der Waals surface area contributed by atoms with Crippen molar-refractivity contribution in [3.8, 4) is 0 Å². The van der Waals surface area contributed by atoms with Crippen LogP contribution in [0.2, 0.25) is 0 Å². The van der Waals surface area contributed by atoms with Crippen LogP contribution in [0.3, 0.4) is 0 Å². The molecule has 0 spiro atoms. The average molecular weight is 354 g/mol. The van der Waals surface area contributed by atoms with E-state index in [0.717, 1.165) is 35.2 Å². The lowest BCUT2D eigenvalue weighted by molar-refractivity contribution is 0.246. The Morgan fingerprint density at radius 2 is 2.19 bits per heavy atom. The summed E-state index contributed by atoms with van der Waals surface area (Å²) in [6, 6.07) is 5.65. The van der Waals surface area contributed by atoms with Crippen molar-refractivity contribution in [2.24, 2.45) is 17.8 Å². The van der Waals surface area contributed by atoms with Gasteiger partial charge in [0.25, 0.3) is 0 Å². The van der Waals surface area contributed by atoms with Crippen LogP contribution in [0, 0.1) is 23.6 Å². The third-order valence-corrected chi connectivity index (χ3v) is 6.16. The van der Waals surface area contributed by atoms with E-state index in [-0.39, 0.29) is 5.82 Å². The smallest absolute Gasteiger partial charge is 0.124 e. The number of halogens is 2. The zero-order chi connectivity index (χ0) is 14.8. The molecule has 0 saturated heterocycles. The molecule has 2 aliphatic rings. The van der Waals surface area contributed by atoms with Crippen LogP contribution in [0.1, 0.15) is 44.6 Å². The van der Waals surface area contributed by atoms with Gasteiger partial charge in [-0.3, -0.25) is 0 Å². The van der Waals surface area contributed by atoms with Crippen molar-refractivity contribution in [1.82, 2.24) is 5.32 Å². The highest BCUT2D eigenvalue weighted by atomic mass is 79.9. The number of hydrogen-bond donors (Lipinski definition) is 1. The highest BCUT2D eigenvalue weighted by molar-refractivity contribution is 9.10. The second-order valence-electron chi connectivity index (χ2n) is 6.84. The summed E-state index contributed by atoms with van der Waals surface area (Å²) in [6.07, 6.45) is 7.88. The van der Waals surface area contributed by atoms with E-state index in [4.69, 9.17) is 0 Å². The molecule has 3 rings (SSSR count). The lowest BCUT2D eigenvalue weighted by atomic mass is 9.81. The molecule has 3 heteroatoms. The summed E-state index contributed by atoms with van der Waals surface area (Å²) in [5.41, 5.74) is 1.23. The topological polar surface area (TPSA) is 12.0 Å². The first-order chi connectivity index (χ1) is 10.2. The van der Waals surface area contributed by atoms with E-state index in [1.54, 1.807) is 12.1 Å². The summed E-state index contributed by atoms with van der Waals surface area (Å²) in [5, 5.41) is 3.77. The van der Waals surface area contributed by atoms with Crippen LogP contribution in [0.4, 0.5) is 4.39 Å². The Bertz CT molecular complexity index is 490. The van der Waals surface area contributed by atoms with Gasteiger partial charge >= 0.3 is 0 Å². The fourth-order valence-corrected chi connectivity index (χ4v) is 4.93. The van der Waals surface area contributed by atoms with Gasteiger partial charge in [0, 0.05) is 10.5 Å². The van der Waals surface area contributed by atoms with Crippen LogP contribution in [0.5, 0.6) is 0 Å². The minimum atomic E-state index is -0.163. The van der Waals surface area contributed by atoms with Crippen LogP contribution in [0.25, 0.3) is 0 Å². The van der Waals surface area contributed by atoms with E-state index in [1.807, 2.05) is 6.07 Å². The molecule has 4 atom stereocenters. The molecular weight excluding hydrogens is 329 g/mol. The van der Waals surface area contributed by atoms with Crippen molar-refractivity contribution in [3.63, 3.8) is 0 Å². The predicted molar refractivity (Wildman–Crippen MR) is 88.8 cm³/mol. The fraction of sp³-hybridized carbons (Fsp3) is 0.667. The second kappa shape index (κ2) is 6.78. The molecule has 0 radical (unpaired) electrons. The minimum absolute atomic E-state index is 0.163. The van der Waals surface area contributed by atoms with Crippen molar-refractivity contribution < 1.29 is 4.39 Å². The van der Waals surface area contributed by atoms with Gasteiger partial charge in [-0.15, -0.1) is 0 Å². The molecule has 1 aromatic rings.